The smallest absolute Gasteiger partial charge is 0.115 e. The topological polar surface area (TPSA) is 38.4 Å². The fourth-order valence-electron chi connectivity index (χ4n) is 1.17. The molecule has 2 nitrogen and oxygen atoms in total. The normalized spacial score (nSPS) is 11.9. The van der Waals surface area contributed by atoms with Crippen LogP contribution in [-0.4, -0.2) is 5.71 Å². The number of allylic oxidation sites excluding steroid dienone is 1. The van der Waals surface area contributed by atoms with Crippen LogP contribution in [0.3, 0.4) is 0 Å². The number of hydrogen-bond donors (Lipinski definition) is 1. The molecule has 0 spiro atoms. The summed E-state index contributed by atoms with van der Waals surface area (Å²) in [5, 5.41) is 0. The van der Waals surface area contributed by atoms with Gasteiger partial charge in [-0.2, -0.15) is 0 Å². The minimum atomic E-state index is -0.457. The molecule has 1 aromatic carbocycles. The van der Waals surface area contributed by atoms with Crippen molar-refractivity contribution in [3.63, 3.8) is 0 Å². The second-order valence-corrected chi connectivity index (χ2v) is 2.89. The number of nitrogens with two attached hydrogens (primary N) is 1. The lowest BCUT2D eigenvalue weighted by Crippen LogP contribution is -1.97. The monoisotopic (exact) mass is 204 g/mol. The van der Waals surface area contributed by atoms with Crippen LogP contribution in [0.15, 0.2) is 54.3 Å². The molecule has 1 rings (SSSR count). The molecule has 0 fully saturated rings. The fraction of sp³-hybridized carbons (Fsp3) is 0.0833. The molecule has 0 aromatic heterocycles. The van der Waals surface area contributed by atoms with Crippen molar-refractivity contribution in [1.29, 1.82) is 0 Å². The zero-order chi connectivity index (χ0) is 11.1. The van der Waals surface area contributed by atoms with Gasteiger partial charge in [0.2, 0.25) is 0 Å². The number of hydrogen-bond acceptors (Lipinski definition) is 2. The number of benzene rings is 1. The van der Waals surface area contributed by atoms with Gasteiger partial charge >= 0.3 is 0 Å². The Labute approximate surface area is 88.6 Å². The van der Waals surface area contributed by atoms with Crippen molar-refractivity contribution in [2.24, 2.45) is 10.7 Å². The van der Waals surface area contributed by atoms with Gasteiger partial charge in [0.05, 0.1) is 5.71 Å². The lowest BCUT2D eigenvalue weighted by atomic mass is 10.1. The average Bonchev–Trinajstić information content (AvgIpc) is 2.29. The Balaban J connectivity index is 3.02. The van der Waals surface area contributed by atoms with E-state index in [2.05, 4.69) is 11.6 Å². The van der Waals surface area contributed by atoms with Crippen LogP contribution in [0.25, 0.3) is 0 Å². The molecule has 78 valence electrons. The van der Waals surface area contributed by atoms with Gasteiger partial charge in [0.25, 0.3) is 0 Å². The minimum Gasteiger partial charge on any atom is -0.405 e. The maximum absolute atomic E-state index is 12.3. The van der Waals surface area contributed by atoms with Gasteiger partial charge in [0, 0.05) is 11.8 Å². The molecule has 0 aliphatic carbocycles. The van der Waals surface area contributed by atoms with Gasteiger partial charge in [-0.3, -0.25) is 4.99 Å². The van der Waals surface area contributed by atoms with Gasteiger partial charge in [-0.05, 0) is 17.8 Å². The Morgan fingerprint density at radius 3 is 2.53 bits per heavy atom. The Bertz CT molecular complexity index is 377. The Hall–Kier alpha value is -1.90. The molecular formula is C12H13FN2. The molecule has 0 aliphatic heterocycles. The molecule has 0 bridgehead atoms. The second kappa shape index (κ2) is 5.75. The molecular weight excluding hydrogens is 191 g/mol. The van der Waals surface area contributed by atoms with E-state index in [9.17, 15) is 4.39 Å². The highest BCUT2D eigenvalue weighted by Gasteiger charge is 1.98. The van der Waals surface area contributed by atoms with E-state index in [0.29, 0.717) is 11.3 Å². The summed E-state index contributed by atoms with van der Waals surface area (Å²) in [6.07, 6.45) is 4.52. The number of alkyl halides is 1. The van der Waals surface area contributed by atoms with E-state index in [4.69, 9.17) is 5.73 Å². The van der Waals surface area contributed by atoms with Crippen LogP contribution in [0.5, 0.6) is 0 Å². The van der Waals surface area contributed by atoms with Crippen LogP contribution in [0.1, 0.15) is 11.1 Å². The van der Waals surface area contributed by atoms with Crippen molar-refractivity contribution in [1.82, 2.24) is 0 Å². The first-order chi connectivity index (χ1) is 7.31. The Morgan fingerprint density at radius 1 is 1.40 bits per heavy atom. The van der Waals surface area contributed by atoms with Crippen molar-refractivity contribution >= 4 is 5.71 Å². The number of nitrogens with zero attached hydrogens (tertiary/aromatic N) is 1. The highest BCUT2D eigenvalue weighted by atomic mass is 19.1. The third-order valence-corrected chi connectivity index (χ3v) is 1.89. The molecule has 1 aromatic rings. The summed E-state index contributed by atoms with van der Waals surface area (Å²) in [5.74, 6) is 0. The van der Waals surface area contributed by atoms with Crippen LogP contribution in [0, 0.1) is 0 Å². The zero-order valence-corrected chi connectivity index (χ0v) is 8.36. The van der Waals surface area contributed by atoms with Gasteiger partial charge in [-0.15, -0.1) is 0 Å². The summed E-state index contributed by atoms with van der Waals surface area (Å²) in [7, 11) is 0. The van der Waals surface area contributed by atoms with Crippen LogP contribution in [0.4, 0.5) is 4.39 Å². The van der Waals surface area contributed by atoms with Crippen molar-refractivity contribution in [2.75, 3.05) is 0 Å². The van der Waals surface area contributed by atoms with Crippen molar-refractivity contribution in [3.05, 3.63) is 60.4 Å². The van der Waals surface area contributed by atoms with E-state index in [1.165, 1.54) is 12.4 Å². The molecule has 0 aliphatic rings. The van der Waals surface area contributed by atoms with Crippen LogP contribution < -0.4 is 5.73 Å². The second-order valence-electron chi connectivity index (χ2n) is 2.89. The fourth-order valence-corrected chi connectivity index (χ4v) is 1.17. The Kier molecular flexibility index (Phi) is 4.29. The minimum absolute atomic E-state index is 0.457. The molecule has 0 heterocycles. The maximum atomic E-state index is 12.3. The largest absolute Gasteiger partial charge is 0.405 e. The van der Waals surface area contributed by atoms with Gasteiger partial charge in [-0.25, -0.2) is 4.39 Å². The SMILES string of the molecule is C=CN=C(/C=C\N)c1ccc(CF)cc1. The third kappa shape index (κ3) is 3.06. The van der Waals surface area contributed by atoms with Gasteiger partial charge < -0.3 is 5.73 Å². The van der Waals surface area contributed by atoms with Crippen LogP contribution in [-0.2, 0) is 6.67 Å². The van der Waals surface area contributed by atoms with E-state index in [1.807, 2.05) is 0 Å². The lowest BCUT2D eigenvalue weighted by molar-refractivity contribution is 0.485. The molecule has 0 saturated heterocycles. The van der Waals surface area contributed by atoms with Crippen LogP contribution in [0.2, 0.25) is 0 Å². The summed E-state index contributed by atoms with van der Waals surface area (Å²) in [6.45, 7) is 3.06. The summed E-state index contributed by atoms with van der Waals surface area (Å²) in [5.41, 5.74) is 7.53. The van der Waals surface area contributed by atoms with E-state index in [0.717, 1.165) is 5.56 Å². The van der Waals surface area contributed by atoms with Crippen molar-refractivity contribution in [2.45, 2.75) is 6.67 Å². The number of halogens is 1. The average molecular weight is 204 g/mol. The first-order valence-corrected chi connectivity index (χ1v) is 4.54. The van der Waals surface area contributed by atoms with Gasteiger partial charge in [0.1, 0.15) is 6.67 Å². The van der Waals surface area contributed by atoms with Crippen molar-refractivity contribution < 1.29 is 4.39 Å². The standard InChI is InChI=1S/C12H13FN2/c1-2-15-12(7-8-14)11-5-3-10(9-13)4-6-11/h2-8H,1,9,14H2/b8-7-,15-12?. The molecule has 0 unspecified atom stereocenters. The zero-order valence-electron chi connectivity index (χ0n) is 8.36. The van der Waals surface area contributed by atoms with Gasteiger partial charge in [0.15, 0.2) is 0 Å². The van der Waals surface area contributed by atoms with E-state index < -0.39 is 6.67 Å². The molecule has 0 atom stereocenters. The summed E-state index contributed by atoms with van der Waals surface area (Å²) in [4.78, 5) is 4.06. The molecule has 3 heteroatoms. The highest BCUT2D eigenvalue weighted by Crippen LogP contribution is 2.08. The highest BCUT2D eigenvalue weighted by molar-refractivity contribution is 6.08. The first kappa shape index (κ1) is 11.2. The summed E-state index contributed by atoms with van der Waals surface area (Å²) in [6, 6.07) is 7.05. The number of rotatable bonds is 4. The third-order valence-electron chi connectivity index (χ3n) is 1.89. The van der Waals surface area contributed by atoms with E-state index in [1.54, 1.807) is 30.3 Å². The summed E-state index contributed by atoms with van der Waals surface area (Å²) >= 11 is 0. The molecule has 15 heavy (non-hydrogen) atoms. The van der Waals surface area contributed by atoms with E-state index >= 15 is 0 Å². The number of aliphatic imine (C=N–C) groups is 1. The molecule has 2 N–H and O–H groups in total. The quantitative estimate of drug-likeness (QED) is 0.752. The predicted molar refractivity (Wildman–Crippen MR) is 61.3 cm³/mol. The molecule has 0 saturated carbocycles. The van der Waals surface area contributed by atoms with Crippen LogP contribution >= 0.6 is 0 Å². The first-order valence-electron chi connectivity index (χ1n) is 4.54. The molecule has 0 radical (unpaired) electrons. The Morgan fingerprint density at radius 2 is 2.07 bits per heavy atom. The molecule has 0 amide bonds. The predicted octanol–water partition coefficient (Wildman–Crippen LogP) is 2.56. The van der Waals surface area contributed by atoms with Gasteiger partial charge in [-0.1, -0.05) is 30.8 Å². The summed E-state index contributed by atoms with van der Waals surface area (Å²) < 4.78 is 12.3. The van der Waals surface area contributed by atoms with Crippen molar-refractivity contribution in [3.8, 4) is 0 Å². The maximum Gasteiger partial charge on any atom is 0.115 e. The lowest BCUT2D eigenvalue weighted by Gasteiger charge is -2.01. The van der Waals surface area contributed by atoms with E-state index in [-0.39, 0.29) is 0 Å².